The van der Waals surface area contributed by atoms with E-state index >= 15 is 0 Å². The third-order valence-corrected chi connectivity index (χ3v) is 3.53. The standard InChI is InChI=1S/C15H18F2N4O3/c16-15(17)5-11(21-8-15)14(24)19-6-9-1-3-10(4-2-9)13(23)20-7-12(18)22/h1-4,11,21H,5-8H2,(H2,18,22)(H,19,24)(H,20,23). The van der Waals surface area contributed by atoms with Crippen molar-refractivity contribution in [3.63, 3.8) is 0 Å². The maximum absolute atomic E-state index is 13.0. The van der Waals surface area contributed by atoms with Gasteiger partial charge in [-0.05, 0) is 17.7 Å². The number of carbonyl (C=O) groups is 3. The normalized spacial score (nSPS) is 18.8. The monoisotopic (exact) mass is 340 g/mol. The molecule has 1 heterocycles. The Bertz CT molecular complexity index is 634. The minimum absolute atomic E-state index is 0.159. The molecule has 130 valence electrons. The van der Waals surface area contributed by atoms with Gasteiger partial charge in [-0.25, -0.2) is 8.78 Å². The first-order valence-corrected chi connectivity index (χ1v) is 7.31. The molecule has 1 saturated heterocycles. The molecule has 1 fully saturated rings. The van der Waals surface area contributed by atoms with Crippen LogP contribution in [0.2, 0.25) is 0 Å². The molecule has 5 N–H and O–H groups in total. The zero-order valence-electron chi connectivity index (χ0n) is 12.8. The second-order valence-corrected chi connectivity index (χ2v) is 5.56. The van der Waals surface area contributed by atoms with Crippen molar-refractivity contribution in [2.75, 3.05) is 13.1 Å². The molecule has 1 aromatic rings. The molecule has 24 heavy (non-hydrogen) atoms. The smallest absolute Gasteiger partial charge is 0.262 e. The quantitative estimate of drug-likeness (QED) is 0.560. The van der Waals surface area contributed by atoms with E-state index in [1.54, 1.807) is 12.1 Å². The van der Waals surface area contributed by atoms with E-state index in [0.29, 0.717) is 11.1 Å². The van der Waals surface area contributed by atoms with Crippen LogP contribution < -0.4 is 21.7 Å². The van der Waals surface area contributed by atoms with Gasteiger partial charge in [-0.1, -0.05) is 12.1 Å². The number of rotatable bonds is 6. The van der Waals surface area contributed by atoms with E-state index in [2.05, 4.69) is 16.0 Å². The van der Waals surface area contributed by atoms with E-state index < -0.39 is 42.7 Å². The molecule has 1 aliphatic rings. The Morgan fingerprint density at radius 2 is 1.88 bits per heavy atom. The fraction of sp³-hybridized carbons (Fsp3) is 0.400. The van der Waals surface area contributed by atoms with E-state index in [4.69, 9.17) is 5.73 Å². The summed E-state index contributed by atoms with van der Waals surface area (Å²) in [6.45, 7) is -0.596. The van der Waals surface area contributed by atoms with Gasteiger partial charge in [0.1, 0.15) is 0 Å². The van der Waals surface area contributed by atoms with Crippen molar-refractivity contribution in [3.05, 3.63) is 35.4 Å². The van der Waals surface area contributed by atoms with Gasteiger partial charge in [-0.15, -0.1) is 0 Å². The Hall–Kier alpha value is -2.55. The summed E-state index contributed by atoms with van der Waals surface area (Å²) >= 11 is 0. The Morgan fingerprint density at radius 1 is 1.21 bits per heavy atom. The van der Waals surface area contributed by atoms with Gasteiger partial charge in [-0.2, -0.15) is 0 Å². The molecule has 0 bridgehead atoms. The number of alkyl halides is 2. The molecule has 1 aliphatic heterocycles. The molecule has 1 aromatic carbocycles. The van der Waals surface area contributed by atoms with Crippen molar-refractivity contribution in [3.8, 4) is 0 Å². The molecule has 0 spiro atoms. The summed E-state index contributed by atoms with van der Waals surface area (Å²) in [6, 6.07) is 5.39. The molecule has 0 aromatic heterocycles. The maximum Gasteiger partial charge on any atom is 0.262 e. The molecule has 2 rings (SSSR count). The highest BCUT2D eigenvalue weighted by molar-refractivity contribution is 5.96. The second kappa shape index (κ2) is 7.35. The molecule has 7 nitrogen and oxygen atoms in total. The third kappa shape index (κ3) is 4.98. The predicted octanol–water partition coefficient (Wildman–Crippen LogP) is -0.485. The van der Waals surface area contributed by atoms with Crippen LogP contribution in [0.5, 0.6) is 0 Å². The molecule has 9 heteroatoms. The van der Waals surface area contributed by atoms with E-state index in [9.17, 15) is 23.2 Å². The predicted molar refractivity (Wildman–Crippen MR) is 81.2 cm³/mol. The number of primary amides is 1. The summed E-state index contributed by atoms with van der Waals surface area (Å²) in [6.07, 6.45) is -0.516. The Kier molecular flexibility index (Phi) is 5.45. The Balaban J connectivity index is 1.82. The first-order chi connectivity index (χ1) is 11.3. The molecule has 1 atom stereocenters. The van der Waals surface area contributed by atoms with Crippen molar-refractivity contribution < 1.29 is 23.2 Å². The summed E-state index contributed by atoms with van der Waals surface area (Å²) in [5.74, 6) is -4.44. The fourth-order valence-corrected chi connectivity index (χ4v) is 2.26. The molecule has 0 aliphatic carbocycles. The molecule has 1 unspecified atom stereocenters. The lowest BCUT2D eigenvalue weighted by Crippen LogP contribution is -2.40. The van der Waals surface area contributed by atoms with Gasteiger partial charge < -0.3 is 16.4 Å². The summed E-state index contributed by atoms with van der Waals surface area (Å²) in [7, 11) is 0. The van der Waals surface area contributed by atoms with E-state index in [-0.39, 0.29) is 13.1 Å². The molecule has 3 amide bonds. The first-order valence-electron chi connectivity index (χ1n) is 7.31. The van der Waals surface area contributed by atoms with Crippen LogP contribution in [-0.2, 0) is 16.1 Å². The number of amides is 3. The number of benzene rings is 1. The number of nitrogens with one attached hydrogen (secondary N) is 3. The topological polar surface area (TPSA) is 113 Å². The van der Waals surface area contributed by atoms with E-state index in [1.165, 1.54) is 12.1 Å². The summed E-state index contributed by atoms with van der Waals surface area (Å²) in [5, 5.41) is 7.40. The highest BCUT2D eigenvalue weighted by atomic mass is 19.3. The van der Waals surface area contributed by atoms with E-state index in [0.717, 1.165) is 0 Å². The molecular formula is C15H18F2N4O3. The average Bonchev–Trinajstić information content (AvgIpc) is 2.91. The van der Waals surface area contributed by atoms with Crippen LogP contribution in [0.15, 0.2) is 24.3 Å². The van der Waals surface area contributed by atoms with Crippen LogP contribution in [0.25, 0.3) is 0 Å². The van der Waals surface area contributed by atoms with Crippen molar-refractivity contribution in [1.82, 2.24) is 16.0 Å². The highest BCUT2D eigenvalue weighted by Crippen LogP contribution is 2.25. The van der Waals surface area contributed by atoms with Crippen LogP contribution >= 0.6 is 0 Å². The SMILES string of the molecule is NC(=O)CNC(=O)c1ccc(CNC(=O)C2CC(F)(F)CN2)cc1. The zero-order chi connectivity index (χ0) is 17.7. The highest BCUT2D eigenvalue weighted by Gasteiger charge is 2.42. The summed E-state index contributed by atoms with van der Waals surface area (Å²) in [5.41, 5.74) is 5.98. The van der Waals surface area contributed by atoms with Gasteiger partial charge in [0.15, 0.2) is 0 Å². The van der Waals surface area contributed by atoms with Crippen LogP contribution in [0, 0.1) is 0 Å². The van der Waals surface area contributed by atoms with Gasteiger partial charge in [0, 0.05) is 18.5 Å². The fourth-order valence-electron chi connectivity index (χ4n) is 2.26. The number of halogens is 2. The minimum atomic E-state index is -2.86. The average molecular weight is 340 g/mol. The number of hydrogen-bond donors (Lipinski definition) is 4. The molecule has 0 saturated carbocycles. The second-order valence-electron chi connectivity index (χ2n) is 5.56. The van der Waals surface area contributed by atoms with Crippen LogP contribution in [0.3, 0.4) is 0 Å². The number of carbonyl (C=O) groups excluding carboxylic acids is 3. The van der Waals surface area contributed by atoms with Crippen molar-refractivity contribution in [2.24, 2.45) is 5.73 Å². The Morgan fingerprint density at radius 3 is 2.42 bits per heavy atom. The van der Waals surface area contributed by atoms with Gasteiger partial charge in [-0.3, -0.25) is 19.7 Å². The van der Waals surface area contributed by atoms with Crippen LogP contribution in [0.4, 0.5) is 8.78 Å². The van der Waals surface area contributed by atoms with Crippen molar-refractivity contribution in [2.45, 2.75) is 24.9 Å². The third-order valence-electron chi connectivity index (χ3n) is 3.53. The van der Waals surface area contributed by atoms with Crippen molar-refractivity contribution in [1.29, 1.82) is 0 Å². The lowest BCUT2D eigenvalue weighted by atomic mass is 10.1. The van der Waals surface area contributed by atoms with Gasteiger partial charge >= 0.3 is 0 Å². The molecular weight excluding hydrogens is 322 g/mol. The Labute approximate surface area is 137 Å². The first kappa shape index (κ1) is 17.8. The maximum atomic E-state index is 13.0. The lowest BCUT2D eigenvalue weighted by molar-refractivity contribution is -0.123. The van der Waals surface area contributed by atoms with Gasteiger partial charge in [0.25, 0.3) is 11.8 Å². The van der Waals surface area contributed by atoms with E-state index in [1.807, 2.05) is 0 Å². The number of hydrogen-bond acceptors (Lipinski definition) is 4. The van der Waals surface area contributed by atoms with Crippen LogP contribution in [-0.4, -0.2) is 42.8 Å². The summed E-state index contributed by atoms with van der Waals surface area (Å²) in [4.78, 5) is 34.1. The van der Waals surface area contributed by atoms with Crippen molar-refractivity contribution >= 4 is 17.7 Å². The van der Waals surface area contributed by atoms with Crippen LogP contribution in [0.1, 0.15) is 22.3 Å². The number of nitrogens with two attached hydrogens (primary N) is 1. The molecule has 0 radical (unpaired) electrons. The largest absolute Gasteiger partial charge is 0.368 e. The summed E-state index contributed by atoms with van der Waals surface area (Å²) < 4.78 is 26.1. The zero-order valence-corrected chi connectivity index (χ0v) is 12.8. The lowest BCUT2D eigenvalue weighted by Gasteiger charge is -2.11. The van der Waals surface area contributed by atoms with Gasteiger partial charge in [0.05, 0.1) is 19.1 Å². The van der Waals surface area contributed by atoms with Gasteiger partial charge in [0.2, 0.25) is 11.8 Å². The minimum Gasteiger partial charge on any atom is -0.368 e.